The van der Waals surface area contributed by atoms with Gasteiger partial charge in [0.05, 0.1) is 25.3 Å². The van der Waals surface area contributed by atoms with Crippen molar-refractivity contribution in [2.45, 2.75) is 0 Å². The Morgan fingerprint density at radius 1 is 0.947 bits per heavy atom. The van der Waals surface area contributed by atoms with Crippen molar-refractivity contribution in [2.75, 3.05) is 14.2 Å². The maximum atomic E-state index is 5.03. The zero-order valence-electron chi connectivity index (χ0n) is 10.4. The van der Waals surface area contributed by atoms with Crippen LogP contribution in [0.5, 0.6) is 12.0 Å². The van der Waals surface area contributed by atoms with E-state index < -0.39 is 0 Å². The quantitative estimate of drug-likeness (QED) is 0.702. The van der Waals surface area contributed by atoms with Gasteiger partial charge in [0.1, 0.15) is 6.33 Å². The van der Waals surface area contributed by atoms with Crippen molar-refractivity contribution >= 4 is 11.0 Å². The number of ether oxygens (including phenoxy) is 2. The molecule has 0 amide bonds. The summed E-state index contributed by atoms with van der Waals surface area (Å²) in [5.74, 6) is 0.400. The van der Waals surface area contributed by atoms with Gasteiger partial charge in [-0.2, -0.15) is 9.97 Å². The van der Waals surface area contributed by atoms with E-state index in [1.807, 2.05) is 24.3 Å². The molecule has 0 radical (unpaired) electrons. The van der Waals surface area contributed by atoms with Crippen molar-refractivity contribution in [1.29, 1.82) is 0 Å². The van der Waals surface area contributed by atoms with Crippen LogP contribution in [0.25, 0.3) is 17.0 Å². The van der Waals surface area contributed by atoms with E-state index in [-0.39, 0.29) is 12.0 Å². The summed E-state index contributed by atoms with van der Waals surface area (Å²) in [7, 11) is 2.98. The molecule has 2 aromatic heterocycles. The first-order valence-corrected chi connectivity index (χ1v) is 5.58. The van der Waals surface area contributed by atoms with Gasteiger partial charge < -0.3 is 9.47 Å². The van der Waals surface area contributed by atoms with E-state index in [1.54, 1.807) is 10.9 Å². The molecule has 1 aromatic carbocycles. The molecule has 0 atom stereocenters. The smallest absolute Gasteiger partial charge is 0.324 e. The topological polar surface area (TPSA) is 75.0 Å². The predicted molar refractivity (Wildman–Crippen MR) is 67.6 cm³/mol. The number of benzene rings is 1. The Morgan fingerprint density at radius 2 is 1.63 bits per heavy atom. The highest BCUT2D eigenvalue weighted by molar-refractivity contribution is 5.76. The largest absolute Gasteiger partial charge is 0.467 e. The Bertz CT molecular complexity index is 703. The number of hydrogen-bond donors (Lipinski definition) is 0. The van der Waals surface area contributed by atoms with Gasteiger partial charge in [-0.05, 0) is 12.1 Å². The van der Waals surface area contributed by atoms with E-state index in [4.69, 9.17) is 9.47 Å². The van der Waals surface area contributed by atoms with Crippen LogP contribution in [-0.4, -0.2) is 38.7 Å². The molecule has 96 valence electrons. The molecule has 0 aliphatic carbocycles. The van der Waals surface area contributed by atoms with Gasteiger partial charge in [-0.3, -0.25) is 4.57 Å². The van der Waals surface area contributed by atoms with Crippen LogP contribution in [0, 0.1) is 0 Å². The number of hydrogen-bond acceptors (Lipinski definition) is 6. The average Bonchev–Trinajstić information content (AvgIpc) is 2.90. The molecule has 0 unspecified atom stereocenters. The van der Waals surface area contributed by atoms with Gasteiger partial charge >= 0.3 is 12.0 Å². The minimum Gasteiger partial charge on any atom is -0.467 e. The minimum absolute atomic E-state index is 0.194. The van der Waals surface area contributed by atoms with Crippen LogP contribution in [-0.2, 0) is 0 Å². The highest BCUT2D eigenvalue weighted by atomic mass is 16.5. The third-order valence-corrected chi connectivity index (χ3v) is 2.62. The van der Waals surface area contributed by atoms with Gasteiger partial charge in [0.2, 0.25) is 5.95 Å². The lowest BCUT2D eigenvalue weighted by atomic mass is 10.3. The average molecular weight is 257 g/mol. The number of nitrogens with zero attached hydrogens (tertiary/aromatic N) is 5. The molecule has 0 saturated heterocycles. The maximum absolute atomic E-state index is 5.03. The maximum Gasteiger partial charge on any atom is 0.324 e. The second kappa shape index (κ2) is 4.52. The summed E-state index contributed by atoms with van der Waals surface area (Å²) in [6.45, 7) is 0. The molecule has 0 bridgehead atoms. The van der Waals surface area contributed by atoms with Crippen LogP contribution >= 0.6 is 0 Å². The van der Waals surface area contributed by atoms with E-state index in [9.17, 15) is 0 Å². The Kier molecular flexibility index (Phi) is 2.71. The van der Waals surface area contributed by atoms with E-state index in [1.165, 1.54) is 14.2 Å². The number of rotatable bonds is 3. The lowest BCUT2D eigenvalue weighted by molar-refractivity contribution is 0.339. The highest BCUT2D eigenvalue weighted by Crippen LogP contribution is 2.18. The second-order valence-corrected chi connectivity index (χ2v) is 3.71. The van der Waals surface area contributed by atoms with Crippen LogP contribution in [0.4, 0.5) is 0 Å². The summed E-state index contributed by atoms with van der Waals surface area (Å²) in [6, 6.07) is 8.09. The van der Waals surface area contributed by atoms with Crippen LogP contribution < -0.4 is 9.47 Å². The van der Waals surface area contributed by atoms with E-state index in [0.717, 1.165) is 11.0 Å². The first kappa shape index (κ1) is 11.4. The van der Waals surface area contributed by atoms with E-state index >= 15 is 0 Å². The van der Waals surface area contributed by atoms with Crippen molar-refractivity contribution < 1.29 is 9.47 Å². The Labute approximate surface area is 108 Å². The zero-order chi connectivity index (χ0) is 13.2. The van der Waals surface area contributed by atoms with Crippen LogP contribution in [0.15, 0.2) is 30.6 Å². The lowest BCUT2D eigenvalue weighted by Crippen LogP contribution is -2.05. The van der Waals surface area contributed by atoms with E-state index in [2.05, 4.69) is 19.9 Å². The van der Waals surface area contributed by atoms with Gasteiger partial charge in [-0.1, -0.05) is 12.1 Å². The second-order valence-electron chi connectivity index (χ2n) is 3.71. The highest BCUT2D eigenvalue weighted by Gasteiger charge is 2.11. The van der Waals surface area contributed by atoms with Crippen molar-refractivity contribution in [2.24, 2.45) is 0 Å². The molecule has 19 heavy (non-hydrogen) atoms. The summed E-state index contributed by atoms with van der Waals surface area (Å²) >= 11 is 0. The summed E-state index contributed by atoms with van der Waals surface area (Å²) in [5, 5.41) is 0. The standard InChI is InChI=1S/C12H11N5O2/c1-18-11-14-10(15-12(16-11)19-2)17-7-13-8-5-3-4-6-9(8)17/h3-7H,1-2H3. The van der Waals surface area contributed by atoms with Gasteiger partial charge in [-0.15, -0.1) is 4.98 Å². The van der Waals surface area contributed by atoms with Gasteiger partial charge in [0, 0.05) is 0 Å². The third kappa shape index (κ3) is 1.95. The molecule has 7 nitrogen and oxygen atoms in total. The Hall–Kier alpha value is -2.70. The number of fused-ring (bicyclic) bond motifs is 1. The van der Waals surface area contributed by atoms with Crippen molar-refractivity contribution in [3.8, 4) is 18.0 Å². The monoisotopic (exact) mass is 257 g/mol. The first-order chi connectivity index (χ1) is 9.31. The fourth-order valence-electron chi connectivity index (χ4n) is 1.74. The van der Waals surface area contributed by atoms with Gasteiger partial charge in [0.25, 0.3) is 0 Å². The van der Waals surface area contributed by atoms with E-state index in [0.29, 0.717) is 5.95 Å². The Balaban J connectivity index is 2.20. The molecule has 0 aliphatic rings. The number of methoxy groups -OCH3 is 2. The fraction of sp³-hybridized carbons (Fsp3) is 0.167. The summed E-state index contributed by atoms with van der Waals surface area (Å²) in [6.07, 6.45) is 1.65. The zero-order valence-corrected chi connectivity index (χ0v) is 10.4. The fourth-order valence-corrected chi connectivity index (χ4v) is 1.74. The van der Waals surface area contributed by atoms with Gasteiger partial charge in [0.15, 0.2) is 0 Å². The number of para-hydroxylation sites is 2. The number of aromatic nitrogens is 5. The molecule has 0 saturated carbocycles. The molecule has 0 N–H and O–H groups in total. The normalized spacial score (nSPS) is 10.6. The molecule has 7 heteroatoms. The molecule has 0 spiro atoms. The lowest BCUT2D eigenvalue weighted by Gasteiger charge is -2.05. The van der Waals surface area contributed by atoms with Gasteiger partial charge in [-0.25, -0.2) is 4.98 Å². The molecule has 0 fully saturated rings. The van der Waals surface area contributed by atoms with Crippen LogP contribution in [0.2, 0.25) is 0 Å². The first-order valence-electron chi connectivity index (χ1n) is 5.58. The number of imidazole rings is 1. The Morgan fingerprint density at radius 3 is 2.32 bits per heavy atom. The minimum atomic E-state index is 0.194. The SMILES string of the molecule is COc1nc(OC)nc(-n2cnc3ccccc32)n1. The molecule has 3 rings (SSSR count). The predicted octanol–water partition coefficient (Wildman–Crippen LogP) is 1.23. The molecule has 2 heterocycles. The molecule has 3 aromatic rings. The molecular weight excluding hydrogens is 246 g/mol. The molecular formula is C12H11N5O2. The summed E-state index contributed by atoms with van der Waals surface area (Å²) in [5.41, 5.74) is 1.76. The van der Waals surface area contributed by atoms with Crippen molar-refractivity contribution in [1.82, 2.24) is 24.5 Å². The van der Waals surface area contributed by atoms with Crippen molar-refractivity contribution in [3.63, 3.8) is 0 Å². The van der Waals surface area contributed by atoms with Crippen molar-refractivity contribution in [3.05, 3.63) is 30.6 Å². The third-order valence-electron chi connectivity index (χ3n) is 2.62. The molecule has 0 aliphatic heterocycles. The van der Waals surface area contributed by atoms with Crippen LogP contribution in [0.1, 0.15) is 0 Å². The summed E-state index contributed by atoms with van der Waals surface area (Å²) < 4.78 is 11.8. The van der Waals surface area contributed by atoms with Crippen LogP contribution in [0.3, 0.4) is 0 Å². The summed E-state index contributed by atoms with van der Waals surface area (Å²) in [4.78, 5) is 16.6.